The van der Waals surface area contributed by atoms with Crippen molar-refractivity contribution in [2.75, 3.05) is 13.2 Å². The van der Waals surface area contributed by atoms with E-state index in [9.17, 15) is 24.9 Å². The average Bonchev–Trinajstić information content (AvgIpc) is 3.37. The van der Waals surface area contributed by atoms with Crippen molar-refractivity contribution in [3.05, 3.63) is 11.6 Å². The van der Waals surface area contributed by atoms with Gasteiger partial charge in [0, 0.05) is 17.9 Å². The van der Waals surface area contributed by atoms with E-state index in [2.05, 4.69) is 0 Å². The number of hydrogen-bond donors (Lipinski definition) is 3. The Balaban J connectivity index is 1.51. The molecule has 3 saturated heterocycles. The first-order chi connectivity index (χ1) is 14.4. The second-order valence-corrected chi connectivity index (χ2v) is 9.83. The van der Waals surface area contributed by atoms with Gasteiger partial charge >= 0.3 is 6.09 Å². The zero-order valence-corrected chi connectivity index (χ0v) is 18.9. The lowest BCUT2D eigenvalue weighted by Crippen LogP contribution is -2.50. The molecule has 0 aromatic heterocycles. The molecule has 0 aromatic carbocycles. The maximum Gasteiger partial charge on any atom is 0.417 e. The van der Waals surface area contributed by atoms with Crippen LogP contribution in [0.4, 0.5) is 4.79 Å². The van der Waals surface area contributed by atoms with Crippen LogP contribution in [0.15, 0.2) is 11.6 Å². The van der Waals surface area contributed by atoms with Gasteiger partial charge in [-0.25, -0.2) is 9.69 Å². The van der Waals surface area contributed by atoms with E-state index >= 15 is 0 Å². The summed E-state index contributed by atoms with van der Waals surface area (Å²) in [6.07, 6.45) is -1.80. The fourth-order valence-corrected chi connectivity index (χ4v) is 4.31. The van der Waals surface area contributed by atoms with E-state index in [0.717, 1.165) is 4.90 Å². The molecule has 0 bridgehead atoms. The number of aliphatic hydroxyl groups is 3. The van der Waals surface area contributed by atoms with Crippen LogP contribution < -0.4 is 0 Å². The number of imide groups is 1. The molecular formula is C22H35NO8. The Morgan fingerprint density at radius 3 is 2.52 bits per heavy atom. The summed E-state index contributed by atoms with van der Waals surface area (Å²) in [6, 6.07) is 0. The van der Waals surface area contributed by atoms with Crippen LogP contribution in [-0.2, 0) is 19.0 Å². The molecule has 3 N–H and O–H groups in total. The van der Waals surface area contributed by atoms with Gasteiger partial charge in [0.25, 0.3) is 5.91 Å². The molecule has 3 aliphatic rings. The quantitative estimate of drug-likeness (QED) is 0.394. The van der Waals surface area contributed by atoms with Gasteiger partial charge in [0.05, 0.1) is 43.7 Å². The minimum Gasteiger partial charge on any atom is -0.441 e. The summed E-state index contributed by atoms with van der Waals surface area (Å²) in [4.78, 5) is 25.3. The number of amides is 2. The monoisotopic (exact) mass is 441 g/mol. The van der Waals surface area contributed by atoms with Gasteiger partial charge in [-0.1, -0.05) is 12.5 Å². The third-order valence-corrected chi connectivity index (χ3v) is 6.46. The first-order valence-electron chi connectivity index (χ1n) is 10.9. The maximum atomic E-state index is 12.4. The number of nitrogens with zero attached hydrogens (tertiary/aromatic N) is 1. The normalized spacial score (nSPS) is 37.4. The highest BCUT2D eigenvalue weighted by Gasteiger charge is 2.48. The SMILES string of the molecule is C/C(=C\C(=O)N1CC(C)(C)OC1=O)C[C@@H]1OC[C@H](C[C@@H]2O[C@H]2[C@@H](C)[C@H](C)O)[C@@H](O)[C@H]1O. The number of ether oxygens (including phenoxy) is 3. The molecule has 0 aliphatic carbocycles. The van der Waals surface area contributed by atoms with Crippen molar-refractivity contribution in [1.29, 1.82) is 0 Å². The smallest absolute Gasteiger partial charge is 0.417 e. The topological polar surface area (TPSA) is 129 Å². The Morgan fingerprint density at radius 1 is 1.26 bits per heavy atom. The molecule has 2 amide bonds. The molecule has 0 aromatic rings. The van der Waals surface area contributed by atoms with E-state index in [1.807, 2.05) is 6.92 Å². The molecule has 3 aliphatic heterocycles. The molecule has 9 heteroatoms. The molecule has 176 valence electrons. The minimum absolute atomic E-state index is 0.00751. The second-order valence-electron chi connectivity index (χ2n) is 9.83. The van der Waals surface area contributed by atoms with Crippen LogP contribution in [0.25, 0.3) is 0 Å². The molecule has 3 rings (SSSR count). The van der Waals surface area contributed by atoms with Crippen molar-refractivity contribution in [2.45, 2.75) is 89.7 Å². The van der Waals surface area contributed by atoms with E-state index in [-0.39, 0.29) is 43.6 Å². The van der Waals surface area contributed by atoms with Gasteiger partial charge in [-0.05, 0) is 40.5 Å². The van der Waals surface area contributed by atoms with Crippen LogP contribution in [-0.4, -0.2) is 87.6 Å². The van der Waals surface area contributed by atoms with Crippen molar-refractivity contribution >= 4 is 12.0 Å². The average molecular weight is 442 g/mol. The molecule has 0 radical (unpaired) electrons. The summed E-state index contributed by atoms with van der Waals surface area (Å²) in [7, 11) is 0. The van der Waals surface area contributed by atoms with Gasteiger partial charge in [0.15, 0.2) is 0 Å². The van der Waals surface area contributed by atoms with Gasteiger partial charge in [-0.2, -0.15) is 0 Å². The Hall–Kier alpha value is -1.52. The highest BCUT2D eigenvalue weighted by molar-refractivity contribution is 6.00. The van der Waals surface area contributed by atoms with Crippen LogP contribution in [0.5, 0.6) is 0 Å². The zero-order chi connectivity index (χ0) is 23.1. The number of aliphatic hydroxyl groups excluding tert-OH is 3. The predicted molar refractivity (Wildman–Crippen MR) is 110 cm³/mol. The number of hydrogen-bond acceptors (Lipinski definition) is 8. The number of carbonyl (C=O) groups is 2. The molecule has 0 spiro atoms. The standard InChI is InChI=1S/C22H35NO8/c1-11(7-17(25)23-10-22(4,5)31-21(23)28)6-15-19(27)18(26)14(9-29-15)8-16-20(30-16)12(2)13(3)24/h7,12-16,18-20,24,26-27H,6,8-10H2,1-5H3/b11-7+/t12-,13-,14-,15-,16-,18+,19-,20-/m0/s1. The van der Waals surface area contributed by atoms with Crippen molar-refractivity contribution in [1.82, 2.24) is 4.90 Å². The van der Waals surface area contributed by atoms with Gasteiger partial charge in [-0.15, -0.1) is 0 Å². The molecule has 0 unspecified atom stereocenters. The predicted octanol–water partition coefficient (Wildman–Crippen LogP) is 0.991. The Morgan fingerprint density at radius 2 is 1.94 bits per heavy atom. The summed E-state index contributed by atoms with van der Waals surface area (Å²) in [5.41, 5.74) is -0.0818. The lowest BCUT2D eigenvalue weighted by molar-refractivity contribution is -0.165. The van der Waals surface area contributed by atoms with E-state index in [1.54, 1.807) is 27.7 Å². The first kappa shape index (κ1) is 24.1. The summed E-state index contributed by atoms with van der Waals surface area (Å²) >= 11 is 0. The van der Waals surface area contributed by atoms with Crippen LogP contribution in [0.3, 0.4) is 0 Å². The Labute approximate surface area is 183 Å². The van der Waals surface area contributed by atoms with Crippen LogP contribution in [0.2, 0.25) is 0 Å². The molecule has 0 saturated carbocycles. The minimum atomic E-state index is -1.10. The van der Waals surface area contributed by atoms with E-state index in [4.69, 9.17) is 14.2 Å². The highest BCUT2D eigenvalue weighted by atomic mass is 16.6. The van der Waals surface area contributed by atoms with Crippen molar-refractivity contribution < 1.29 is 39.1 Å². The third-order valence-electron chi connectivity index (χ3n) is 6.46. The van der Waals surface area contributed by atoms with E-state index < -0.39 is 42.0 Å². The van der Waals surface area contributed by atoms with Crippen molar-refractivity contribution in [3.8, 4) is 0 Å². The number of cyclic esters (lactones) is 1. The van der Waals surface area contributed by atoms with Crippen LogP contribution >= 0.6 is 0 Å². The summed E-state index contributed by atoms with van der Waals surface area (Å²) < 4.78 is 16.6. The Bertz CT molecular complexity index is 720. The van der Waals surface area contributed by atoms with Crippen LogP contribution in [0.1, 0.15) is 47.5 Å². The number of rotatable bonds is 7. The van der Waals surface area contributed by atoms with Gasteiger partial charge in [-0.3, -0.25) is 4.79 Å². The van der Waals surface area contributed by atoms with E-state index in [1.165, 1.54) is 6.08 Å². The lowest BCUT2D eigenvalue weighted by atomic mass is 9.85. The van der Waals surface area contributed by atoms with Gasteiger partial charge < -0.3 is 29.5 Å². The largest absolute Gasteiger partial charge is 0.441 e. The van der Waals surface area contributed by atoms with Gasteiger partial charge in [0.2, 0.25) is 0 Å². The summed E-state index contributed by atoms with van der Waals surface area (Å²) in [5, 5.41) is 30.8. The second kappa shape index (κ2) is 9.15. The molecule has 9 nitrogen and oxygen atoms in total. The molecule has 3 heterocycles. The van der Waals surface area contributed by atoms with Crippen molar-refractivity contribution in [2.24, 2.45) is 11.8 Å². The number of epoxide rings is 1. The summed E-state index contributed by atoms with van der Waals surface area (Å²) in [6.45, 7) is 9.29. The van der Waals surface area contributed by atoms with Gasteiger partial charge in [0.1, 0.15) is 11.7 Å². The van der Waals surface area contributed by atoms with Crippen molar-refractivity contribution in [3.63, 3.8) is 0 Å². The lowest BCUT2D eigenvalue weighted by Gasteiger charge is -2.38. The molecular weight excluding hydrogens is 406 g/mol. The Kier molecular flexibility index (Phi) is 7.12. The summed E-state index contributed by atoms with van der Waals surface area (Å²) in [5.74, 6) is -0.732. The number of carbonyl (C=O) groups excluding carboxylic acids is 2. The maximum absolute atomic E-state index is 12.4. The molecule has 8 atom stereocenters. The first-order valence-corrected chi connectivity index (χ1v) is 10.9. The highest BCUT2D eigenvalue weighted by Crippen LogP contribution is 2.38. The van der Waals surface area contributed by atoms with Crippen LogP contribution in [0, 0.1) is 11.8 Å². The molecule has 31 heavy (non-hydrogen) atoms. The fourth-order valence-electron chi connectivity index (χ4n) is 4.31. The third kappa shape index (κ3) is 5.64. The zero-order valence-electron chi connectivity index (χ0n) is 18.9. The molecule has 3 fully saturated rings. The van der Waals surface area contributed by atoms with E-state index in [0.29, 0.717) is 12.0 Å². The fraction of sp³-hybridized carbons (Fsp3) is 0.818.